The number of allylic oxidation sites excluding steroid dienone is 1. The van der Waals surface area contributed by atoms with Crippen LogP contribution in [0.25, 0.3) is 0 Å². The van der Waals surface area contributed by atoms with Crippen LogP contribution in [0.15, 0.2) is 36.4 Å². The quantitative estimate of drug-likeness (QED) is 0.0419. The number of hydrogen-bond acceptors (Lipinski definition) is 9. The highest BCUT2D eigenvalue weighted by Gasteiger charge is 2.49. The summed E-state index contributed by atoms with van der Waals surface area (Å²) in [6.45, 7) is 10.2. The van der Waals surface area contributed by atoms with Gasteiger partial charge in [0, 0.05) is 32.3 Å². The van der Waals surface area contributed by atoms with Crippen molar-refractivity contribution < 1.29 is 43.6 Å². The molecule has 286 valence electrons. The van der Waals surface area contributed by atoms with Crippen LogP contribution in [-0.4, -0.2) is 70.9 Å². The second-order valence-electron chi connectivity index (χ2n) is 13.8. The number of hydrogen-bond donors (Lipinski definition) is 3. The molecule has 0 aliphatic carbocycles. The molecule has 0 heterocycles. The Balaban J connectivity index is 3.07. The van der Waals surface area contributed by atoms with E-state index < -0.39 is 54.0 Å². The molecule has 0 spiro atoms. The molecule has 10 nitrogen and oxygen atoms in total. The summed E-state index contributed by atoms with van der Waals surface area (Å²) >= 11 is 0. The molecule has 0 saturated heterocycles. The molecule has 1 rings (SSSR count). The third-order valence-corrected chi connectivity index (χ3v) is 8.24. The van der Waals surface area contributed by atoms with Crippen molar-refractivity contribution in [2.75, 3.05) is 19.8 Å². The van der Waals surface area contributed by atoms with Gasteiger partial charge in [-0.25, -0.2) is 9.59 Å². The van der Waals surface area contributed by atoms with Crippen molar-refractivity contribution in [3.05, 3.63) is 42.0 Å². The molecular weight excluding hydrogens is 650 g/mol. The van der Waals surface area contributed by atoms with Crippen molar-refractivity contribution in [3.63, 3.8) is 0 Å². The first-order chi connectivity index (χ1) is 24.3. The lowest BCUT2D eigenvalue weighted by Gasteiger charge is -2.34. The number of Topliss-reactive ketones (excluding diaryl/α,β-unsaturated/α-hetero) is 1. The van der Waals surface area contributed by atoms with Crippen LogP contribution >= 0.6 is 0 Å². The molecule has 3 atom stereocenters. The predicted molar refractivity (Wildman–Crippen MR) is 199 cm³/mol. The molecular formula is C41H63NO9. The van der Waals surface area contributed by atoms with Crippen LogP contribution in [0.3, 0.4) is 0 Å². The van der Waals surface area contributed by atoms with Crippen LogP contribution in [0.4, 0.5) is 0 Å². The van der Waals surface area contributed by atoms with Gasteiger partial charge in [0.05, 0.1) is 12.5 Å². The number of carbonyl (C=O) groups is 4. The van der Waals surface area contributed by atoms with E-state index in [1.165, 1.54) is 25.3 Å². The number of benzene rings is 1. The van der Waals surface area contributed by atoms with Gasteiger partial charge in [-0.3, -0.25) is 9.59 Å². The van der Waals surface area contributed by atoms with Gasteiger partial charge in [0.15, 0.2) is 5.60 Å². The number of aliphatic hydroxyl groups excluding tert-OH is 1. The molecule has 3 N–H and O–H groups in total. The molecule has 10 heteroatoms. The fourth-order valence-corrected chi connectivity index (χ4v) is 5.45. The molecule has 0 saturated carbocycles. The van der Waals surface area contributed by atoms with Gasteiger partial charge in [-0.2, -0.15) is 0 Å². The average molecular weight is 714 g/mol. The highest BCUT2D eigenvalue weighted by molar-refractivity contribution is 5.93. The van der Waals surface area contributed by atoms with Crippen molar-refractivity contribution in [1.29, 1.82) is 0 Å². The molecule has 1 aromatic rings. The van der Waals surface area contributed by atoms with E-state index in [0.29, 0.717) is 36.4 Å². The molecule has 0 aliphatic heterocycles. The SMILES string of the molecule is CC#CCOc1ccc(C[C@H](NC(=O)[C@@H](/C=C/CCCCCCC(=O)CCCCCCC)[C@@](O)(CCO)C(=O)OC(C)(C)C)C(=O)OCC)cc1. The van der Waals surface area contributed by atoms with Crippen molar-refractivity contribution >= 4 is 23.6 Å². The number of ether oxygens (including phenoxy) is 3. The summed E-state index contributed by atoms with van der Waals surface area (Å²) in [5.74, 6) is 2.48. The average Bonchev–Trinajstić information content (AvgIpc) is 3.07. The summed E-state index contributed by atoms with van der Waals surface area (Å²) in [6, 6.07) is 5.86. The van der Waals surface area contributed by atoms with E-state index >= 15 is 0 Å². The Bertz CT molecular complexity index is 1270. The van der Waals surface area contributed by atoms with E-state index in [9.17, 15) is 29.4 Å². The number of nitrogens with one attached hydrogen (secondary N) is 1. The normalized spacial score (nSPS) is 13.7. The number of esters is 2. The van der Waals surface area contributed by atoms with Gasteiger partial charge in [-0.1, -0.05) is 75.7 Å². The van der Waals surface area contributed by atoms with Crippen LogP contribution < -0.4 is 10.1 Å². The number of carbonyl (C=O) groups excluding carboxylic acids is 4. The van der Waals surface area contributed by atoms with Crippen LogP contribution in [0.5, 0.6) is 5.75 Å². The van der Waals surface area contributed by atoms with Gasteiger partial charge in [0.1, 0.15) is 29.8 Å². The minimum Gasteiger partial charge on any atom is -0.481 e. The standard InChI is InChI=1S/C41H63NO9/c1-7-10-12-15-18-21-33(44)22-19-16-13-14-17-20-23-35(41(48,28-29-43)39(47)51-40(4,5)6)37(45)42-36(38(46)49-9-3)31-32-24-26-34(27-25-32)50-30-11-8-2/h20,23-27,35-36,43,48H,7,9-10,12-19,21-22,28-31H2,1-6H3,(H,42,45)/b23-20+/t35-,36+,41+/m1/s1. The molecule has 0 unspecified atom stereocenters. The topological polar surface area (TPSA) is 148 Å². The summed E-state index contributed by atoms with van der Waals surface area (Å²) in [5.41, 5.74) is -2.69. The minimum absolute atomic E-state index is 0.0717. The van der Waals surface area contributed by atoms with Crippen molar-refractivity contribution in [3.8, 4) is 17.6 Å². The first-order valence-electron chi connectivity index (χ1n) is 18.6. The predicted octanol–water partition coefficient (Wildman–Crippen LogP) is 6.58. The Hall–Kier alpha value is -3.68. The maximum atomic E-state index is 14.0. The Morgan fingerprint density at radius 3 is 2.12 bits per heavy atom. The van der Waals surface area contributed by atoms with E-state index in [1.807, 2.05) is 0 Å². The van der Waals surface area contributed by atoms with Crippen molar-refractivity contribution in [1.82, 2.24) is 5.32 Å². The zero-order chi connectivity index (χ0) is 38.1. The third kappa shape index (κ3) is 18.9. The van der Waals surface area contributed by atoms with Crippen LogP contribution in [-0.2, 0) is 35.1 Å². The number of amides is 1. The van der Waals surface area contributed by atoms with E-state index in [4.69, 9.17) is 14.2 Å². The summed E-state index contributed by atoms with van der Waals surface area (Å²) in [6.07, 6.45) is 13.6. The van der Waals surface area contributed by atoms with Gasteiger partial charge in [0.2, 0.25) is 5.91 Å². The summed E-state index contributed by atoms with van der Waals surface area (Å²) < 4.78 is 16.3. The monoisotopic (exact) mass is 713 g/mol. The first kappa shape index (κ1) is 45.3. The second-order valence-corrected chi connectivity index (χ2v) is 13.8. The van der Waals surface area contributed by atoms with E-state index in [-0.39, 0.29) is 19.6 Å². The second kappa shape index (κ2) is 25.3. The fraction of sp³-hybridized carbons (Fsp3) is 0.659. The summed E-state index contributed by atoms with van der Waals surface area (Å²) in [7, 11) is 0. The first-order valence-corrected chi connectivity index (χ1v) is 18.6. The zero-order valence-electron chi connectivity index (χ0n) is 31.9. The Kier molecular flexibility index (Phi) is 22.5. The lowest BCUT2D eigenvalue weighted by molar-refractivity contribution is -0.185. The number of aliphatic hydroxyl groups is 2. The van der Waals surface area contributed by atoms with Crippen molar-refractivity contribution in [2.24, 2.45) is 5.92 Å². The maximum absolute atomic E-state index is 14.0. The summed E-state index contributed by atoms with van der Waals surface area (Å²) in [4.78, 5) is 52.6. The summed E-state index contributed by atoms with van der Waals surface area (Å²) in [5, 5.41) is 24.3. The van der Waals surface area contributed by atoms with Crippen LogP contribution in [0, 0.1) is 17.8 Å². The molecule has 0 fully saturated rings. The molecule has 1 amide bonds. The van der Waals surface area contributed by atoms with Gasteiger partial charge >= 0.3 is 11.9 Å². The Morgan fingerprint density at radius 1 is 0.922 bits per heavy atom. The number of unbranched alkanes of at least 4 members (excludes halogenated alkanes) is 8. The fourth-order valence-electron chi connectivity index (χ4n) is 5.45. The van der Waals surface area contributed by atoms with Crippen LogP contribution in [0.2, 0.25) is 0 Å². The molecule has 1 aromatic carbocycles. The third-order valence-electron chi connectivity index (χ3n) is 8.24. The number of ketones is 1. The highest BCUT2D eigenvalue weighted by Crippen LogP contribution is 2.29. The maximum Gasteiger partial charge on any atom is 0.339 e. The molecule has 0 radical (unpaired) electrons. The molecule has 51 heavy (non-hydrogen) atoms. The molecule has 0 aliphatic rings. The van der Waals surface area contributed by atoms with E-state index in [1.54, 1.807) is 65.0 Å². The largest absolute Gasteiger partial charge is 0.481 e. The smallest absolute Gasteiger partial charge is 0.339 e. The van der Waals surface area contributed by atoms with Gasteiger partial charge in [0.25, 0.3) is 0 Å². The highest BCUT2D eigenvalue weighted by atomic mass is 16.6. The molecule has 0 aromatic heterocycles. The Labute approximate surface area is 306 Å². The van der Waals surface area contributed by atoms with Gasteiger partial charge in [-0.05, 0) is 78.0 Å². The zero-order valence-corrected chi connectivity index (χ0v) is 31.9. The van der Waals surface area contributed by atoms with Gasteiger partial charge in [-0.15, -0.1) is 5.92 Å². The van der Waals surface area contributed by atoms with Gasteiger partial charge < -0.3 is 29.7 Å². The van der Waals surface area contributed by atoms with Crippen LogP contribution in [0.1, 0.15) is 131 Å². The van der Waals surface area contributed by atoms with Crippen molar-refractivity contribution in [2.45, 2.75) is 149 Å². The van der Waals surface area contributed by atoms with E-state index in [2.05, 4.69) is 24.1 Å². The lowest BCUT2D eigenvalue weighted by Crippen LogP contribution is -2.56. The minimum atomic E-state index is -2.42. The lowest BCUT2D eigenvalue weighted by atomic mass is 9.82. The number of rotatable bonds is 26. The molecule has 0 bridgehead atoms. The Morgan fingerprint density at radius 2 is 1.55 bits per heavy atom. The van der Waals surface area contributed by atoms with E-state index in [0.717, 1.165) is 38.5 Å².